The first-order valence-corrected chi connectivity index (χ1v) is 8.91. The number of hydrogen-bond donors (Lipinski definition) is 2. The molecule has 0 spiro atoms. The molecule has 21 heavy (non-hydrogen) atoms. The highest BCUT2D eigenvalue weighted by Gasteiger charge is 2.21. The van der Waals surface area contributed by atoms with Crippen LogP contribution in [-0.4, -0.2) is 46.5 Å². The summed E-state index contributed by atoms with van der Waals surface area (Å²) in [6.07, 6.45) is 2.36. The second-order valence-electron chi connectivity index (χ2n) is 5.61. The molecule has 0 unspecified atom stereocenters. The summed E-state index contributed by atoms with van der Waals surface area (Å²) in [6.45, 7) is 1.64. The average molecular weight is 332 g/mol. The van der Waals surface area contributed by atoms with Crippen molar-refractivity contribution in [1.29, 1.82) is 0 Å². The minimum Gasteiger partial charge on any atom is -0.310 e. The fourth-order valence-electron chi connectivity index (χ4n) is 1.88. The molecule has 1 aromatic rings. The van der Waals surface area contributed by atoms with Crippen molar-refractivity contribution in [3.63, 3.8) is 0 Å². The van der Waals surface area contributed by atoms with Crippen LogP contribution in [0, 0.1) is 0 Å². The SMILES string of the molecule is CN(C)CCNS(=O)(=O)c1ccc(Cl)c(CNC2CC2)c1. The quantitative estimate of drug-likeness (QED) is 0.756. The number of nitrogens with one attached hydrogen (secondary N) is 2. The summed E-state index contributed by atoms with van der Waals surface area (Å²) in [4.78, 5) is 2.19. The van der Waals surface area contributed by atoms with E-state index in [1.54, 1.807) is 18.2 Å². The summed E-state index contributed by atoms with van der Waals surface area (Å²) in [7, 11) is 0.321. The van der Waals surface area contributed by atoms with Gasteiger partial charge in [-0.25, -0.2) is 13.1 Å². The van der Waals surface area contributed by atoms with Gasteiger partial charge < -0.3 is 10.2 Å². The van der Waals surface area contributed by atoms with Crippen molar-refractivity contribution in [2.45, 2.75) is 30.3 Å². The maximum atomic E-state index is 12.2. The van der Waals surface area contributed by atoms with E-state index in [4.69, 9.17) is 11.6 Å². The van der Waals surface area contributed by atoms with Gasteiger partial charge in [0.15, 0.2) is 0 Å². The number of likely N-dealkylation sites (N-methyl/N-ethyl adjacent to an activating group) is 1. The summed E-state index contributed by atoms with van der Waals surface area (Å²) >= 11 is 6.13. The number of benzene rings is 1. The van der Waals surface area contributed by atoms with Crippen LogP contribution in [0.2, 0.25) is 5.02 Å². The Morgan fingerprint density at radius 1 is 1.33 bits per heavy atom. The highest BCUT2D eigenvalue weighted by atomic mass is 35.5. The Labute approximate surface area is 131 Å². The Kier molecular flexibility index (Phi) is 5.62. The van der Waals surface area contributed by atoms with E-state index < -0.39 is 10.0 Å². The van der Waals surface area contributed by atoms with E-state index in [1.807, 2.05) is 19.0 Å². The normalized spacial score (nSPS) is 15.6. The second kappa shape index (κ2) is 7.07. The molecule has 1 saturated carbocycles. The van der Waals surface area contributed by atoms with Crippen LogP contribution in [-0.2, 0) is 16.6 Å². The van der Waals surface area contributed by atoms with Crippen LogP contribution in [0.4, 0.5) is 0 Å². The van der Waals surface area contributed by atoms with Gasteiger partial charge in [0.2, 0.25) is 10.0 Å². The molecule has 0 aromatic heterocycles. The number of halogens is 1. The fraction of sp³-hybridized carbons (Fsp3) is 0.571. The third kappa shape index (κ3) is 5.23. The van der Waals surface area contributed by atoms with Crippen LogP contribution >= 0.6 is 11.6 Å². The molecule has 1 fully saturated rings. The number of hydrogen-bond acceptors (Lipinski definition) is 4. The summed E-state index contributed by atoms with van der Waals surface area (Å²) in [6, 6.07) is 5.39. The van der Waals surface area contributed by atoms with Crippen molar-refractivity contribution in [1.82, 2.24) is 14.9 Å². The van der Waals surface area contributed by atoms with Crippen LogP contribution < -0.4 is 10.0 Å². The van der Waals surface area contributed by atoms with Crippen LogP contribution in [0.25, 0.3) is 0 Å². The lowest BCUT2D eigenvalue weighted by Gasteiger charge is -2.12. The van der Waals surface area contributed by atoms with Gasteiger partial charge in [-0.3, -0.25) is 0 Å². The van der Waals surface area contributed by atoms with E-state index in [1.165, 1.54) is 12.8 Å². The molecule has 1 aromatic carbocycles. The zero-order valence-corrected chi connectivity index (χ0v) is 14.0. The smallest absolute Gasteiger partial charge is 0.240 e. The van der Waals surface area contributed by atoms with E-state index in [-0.39, 0.29) is 4.90 Å². The van der Waals surface area contributed by atoms with Crippen LogP contribution in [0.3, 0.4) is 0 Å². The predicted molar refractivity (Wildman–Crippen MR) is 85.1 cm³/mol. The molecule has 1 aliphatic rings. The number of nitrogens with zero attached hydrogens (tertiary/aromatic N) is 1. The Morgan fingerprint density at radius 2 is 2.05 bits per heavy atom. The summed E-state index contributed by atoms with van der Waals surface area (Å²) in [5.74, 6) is 0. The maximum absolute atomic E-state index is 12.2. The van der Waals surface area contributed by atoms with Gasteiger partial charge in [-0.2, -0.15) is 0 Å². The predicted octanol–water partition coefficient (Wildman–Crippen LogP) is 1.43. The molecule has 0 heterocycles. The van der Waals surface area contributed by atoms with Gasteiger partial charge in [0.25, 0.3) is 0 Å². The summed E-state index contributed by atoms with van der Waals surface area (Å²) in [5.41, 5.74) is 0.819. The molecule has 1 aliphatic carbocycles. The van der Waals surface area contributed by atoms with Crippen molar-refractivity contribution >= 4 is 21.6 Å². The highest BCUT2D eigenvalue weighted by molar-refractivity contribution is 7.89. The molecule has 0 bridgehead atoms. The second-order valence-corrected chi connectivity index (χ2v) is 7.78. The minimum absolute atomic E-state index is 0.262. The first-order valence-electron chi connectivity index (χ1n) is 7.05. The Morgan fingerprint density at radius 3 is 2.67 bits per heavy atom. The van der Waals surface area contributed by atoms with Crippen molar-refractivity contribution in [2.24, 2.45) is 0 Å². The lowest BCUT2D eigenvalue weighted by molar-refractivity contribution is 0.412. The van der Waals surface area contributed by atoms with E-state index in [2.05, 4.69) is 10.0 Å². The van der Waals surface area contributed by atoms with Crippen molar-refractivity contribution in [2.75, 3.05) is 27.2 Å². The Bertz CT molecular complexity index is 586. The van der Waals surface area contributed by atoms with E-state index in [9.17, 15) is 8.42 Å². The van der Waals surface area contributed by atoms with Crippen molar-refractivity contribution in [3.8, 4) is 0 Å². The average Bonchev–Trinajstić information content (AvgIpc) is 3.21. The van der Waals surface area contributed by atoms with Crippen LogP contribution in [0.1, 0.15) is 18.4 Å². The lowest BCUT2D eigenvalue weighted by Crippen LogP contribution is -2.31. The van der Waals surface area contributed by atoms with Gasteiger partial charge in [-0.1, -0.05) is 11.6 Å². The minimum atomic E-state index is -3.48. The standard InChI is InChI=1S/C14H22ClN3O2S/c1-18(2)8-7-17-21(19,20)13-5-6-14(15)11(9-13)10-16-12-3-4-12/h5-6,9,12,16-17H,3-4,7-8,10H2,1-2H3. The van der Waals surface area contributed by atoms with E-state index in [0.29, 0.717) is 30.7 Å². The molecule has 0 atom stereocenters. The zero-order chi connectivity index (χ0) is 15.5. The zero-order valence-electron chi connectivity index (χ0n) is 12.4. The molecule has 0 radical (unpaired) electrons. The molecule has 0 saturated heterocycles. The monoisotopic (exact) mass is 331 g/mol. The maximum Gasteiger partial charge on any atom is 0.240 e. The molecular weight excluding hydrogens is 310 g/mol. The lowest BCUT2D eigenvalue weighted by atomic mass is 10.2. The Hall–Kier alpha value is -0.660. The van der Waals surface area contributed by atoms with E-state index >= 15 is 0 Å². The molecule has 2 rings (SSSR count). The topological polar surface area (TPSA) is 61.4 Å². The third-order valence-corrected chi connectivity index (χ3v) is 5.16. The van der Waals surface area contributed by atoms with Gasteiger partial charge in [0.1, 0.15) is 0 Å². The van der Waals surface area contributed by atoms with Gasteiger partial charge >= 0.3 is 0 Å². The van der Waals surface area contributed by atoms with Gasteiger partial charge in [-0.15, -0.1) is 0 Å². The third-order valence-electron chi connectivity index (χ3n) is 3.34. The molecule has 7 heteroatoms. The molecule has 0 amide bonds. The first-order chi connectivity index (χ1) is 9.88. The first kappa shape index (κ1) is 16.7. The number of rotatable bonds is 8. The summed E-state index contributed by atoms with van der Waals surface area (Å²) < 4.78 is 27.1. The van der Waals surface area contributed by atoms with Crippen LogP contribution in [0.15, 0.2) is 23.1 Å². The van der Waals surface area contributed by atoms with Crippen LogP contribution in [0.5, 0.6) is 0 Å². The molecular formula is C14H22ClN3O2S. The fourth-order valence-corrected chi connectivity index (χ4v) is 3.14. The summed E-state index contributed by atoms with van der Waals surface area (Å²) in [5, 5.41) is 3.94. The van der Waals surface area contributed by atoms with Gasteiger partial charge in [0.05, 0.1) is 4.90 Å². The highest BCUT2D eigenvalue weighted by Crippen LogP contribution is 2.23. The Balaban J connectivity index is 2.05. The molecule has 5 nitrogen and oxygen atoms in total. The largest absolute Gasteiger partial charge is 0.310 e. The van der Waals surface area contributed by atoms with Crippen molar-refractivity contribution in [3.05, 3.63) is 28.8 Å². The molecule has 0 aliphatic heterocycles. The molecule has 2 N–H and O–H groups in total. The van der Waals surface area contributed by atoms with Crippen molar-refractivity contribution < 1.29 is 8.42 Å². The number of sulfonamides is 1. The van der Waals surface area contributed by atoms with Gasteiger partial charge in [-0.05, 0) is 50.7 Å². The van der Waals surface area contributed by atoms with Gasteiger partial charge in [0, 0.05) is 30.7 Å². The van der Waals surface area contributed by atoms with E-state index in [0.717, 1.165) is 5.56 Å². The molecule has 118 valence electrons.